The van der Waals surface area contributed by atoms with Crippen molar-refractivity contribution in [3.8, 4) is 0 Å². The van der Waals surface area contributed by atoms with Crippen LogP contribution in [0.4, 0.5) is 5.69 Å². The highest BCUT2D eigenvalue weighted by Gasteiger charge is 2.29. The van der Waals surface area contributed by atoms with Crippen molar-refractivity contribution in [2.45, 2.75) is 26.4 Å². The lowest BCUT2D eigenvalue weighted by molar-refractivity contribution is -0.139. The van der Waals surface area contributed by atoms with Crippen LogP contribution in [0.25, 0.3) is 0 Å². The summed E-state index contributed by atoms with van der Waals surface area (Å²) in [5.41, 5.74) is 1.98. The van der Waals surface area contributed by atoms with Gasteiger partial charge in [-0.25, -0.2) is 8.42 Å². The molecule has 2 rings (SSSR count). The maximum atomic E-state index is 13.2. The van der Waals surface area contributed by atoms with Gasteiger partial charge in [-0.05, 0) is 49.2 Å². The fourth-order valence-corrected chi connectivity index (χ4v) is 4.07. The van der Waals surface area contributed by atoms with Crippen molar-refractivity contribution in [1.29, 1.82) is 0 Å². The molecular formula is C21H26ClN3O4S. The Hall–Kier alpha value is -2.58. The molecule has 0 saturated carbocycles. The van der Waals surface area contributed by atoms with E-state index in [-0.39, 0.29) is 12.5 Å². The Kier molecular flexibility index (Phi) is 7.86. The molecule has 0 aliphatic heterocycles. The normalized spacial score (nSPS) is 12.2. The zero-order valence-corrected chi connectivity index (χ0v) is 19.0. The quantitative estimate of drug-likeness (QED) is 0.668. The first kappa shape index (κ1) is 23.7. The van der Waals surface area contributed by atoms with Crippen LogP contribution < -0.4 is 9.62 Å². The number of amides is 2. The van der Waals surface area contributed by atoms with Crippen LogP contribution in [0, 0.1) is 6.92 Å². The van der Waals surface area contributed by atoms with Gasteiger partial charge in [0.2, 0.25) is 21.8 Å². The molecule has 0 aliphatic rings. The number of anilines is 1. The van der Waals surface area contributed by atoms with Crippen LogP contribution in [0.2, 0.25) is 5.02 Å². The number of rotatable bonds is 8. The lowest BCUT2D eigenvalue weighted by atomic mass is 10.1. The third kappa shape index (κ3) is 6.21. The number of likely N-dealkylation sites (N-methyl/N-ethyl adjacent to an activating group) is 1. The van der Waals surface area contributed by atoms with E-state index in [0.29, 0.717) is 10.7 Å². The summed E-state index contributed by atoms with van der Waals surface area (Å²) in [6.07, 6.45) is 1.05. The fourth-order valence-electron chi connectivity index (χ4n) is 3.02. The molecule has 0 spiro atoms. The molecule has 162 valence electrons. The summed E-state index contributed by atoms with van der Waals surface area (Å²) in [6, 6.07) is 13.0. The number of aryl methyl sites for hydroxylation is 1. The van der Waals surface area contributed by atoms with Gasteiger partial charge in [0.05, 0.1) is 11.9 Å². The van der Waals surface area contributed by atoms with E-state index < -0.39 is 28.5 Å². The van der Waals surface area contributed by atoms with Crippen LogP contribution in [-0.4, -0.2) is 51.0 Å². The summed E-state index contributed by atoms with van der Waals surface area (Å²) in [5.74, 6) is -0.857. The second-order valence-electron chi connectivity index (χ2n) is 7.05. The van der Waals surface area contributed by atoms with E-state index in [9.17, 15) is 18.0 Å². The Labute approximate surface area is 182 Å². The second kappa shape index (κ2) is 9.95. The van der Waals surface area contributed by atoms with Crippen molar-refractivity contribution in [1.82, 2.24) is 10.2 Å². The molecule has 0 heterocycles. The molecule has 2 amide bonds. The summed E-state index contributed by atoms with van der Waals surface area (Å²) < 4.78 is 25.9. The van der Waals surface area contributed by atoms with E-state index in [4.69, 9.17) is 11.6 Å². The summed E-state index contributed by atoms with van der Waals surface area (Å²) in [4.78, 5) is 26.8. The van der Waals surface area contributed by atoms with Crippen molar-refractivity contribution in [2.24, 2.45) is 0 Å². The SMILES string of the molecule is CNC(=O)[C@@H](C)N(Cc1cccc(Cl)c1)C(=O)CN(c1cccc(C)c1)S(C)(=O)=O. The van der Waals surface area contributed by atoms with E-state index in [1.54, 1.807) is 49.4 Å². The van der Waals surface area contributed by atoms with E-state index in [2.05, 4.69) is 5.32 Å². The van der Waals surface area contributed by atoms with Gasteiger partial charge >= 0.3 is 0 Å². The van der Waals surface area contributed by atoms with Crippen molar-refractivity contribution in [3.63, 3.8) is 0 Å². The Morgan fingerprint density at radius 2 is 1.80 bits per heavy atom. The molecule has 0 fully saturated rings. The number of hydrogen-bond donors (Lipinski definition) is 1. The molecule has 1 atom stereocenters. The smallest absolute Gasteiger partial charge is 0.244 e. The first-order chi connectivity index (χ1) is 14.0. The number of nitrogens with one attached hydrogen (secondary N) is 1. The Balaban J connectivity index is 2.38. The fraction of sp³-hybridized carbons (Fsp3) is 0.333. The Bertz CT molecular complexity index is 1030. The van der Waals surface area contributed by atoms with E-state index >= 15 is 0 Å². The zero-order valence-electron chi connectivity index (χ0n) is 17.4. The van der Waals surface area contributed by atoms with Crippen molar-refractivity contribution >= 4 is 39.1 Å². The number of nitrogens with zero attached hydrogens (tertiary/aromatic N) is 2. The highest BCUT2D eigenvalue weighted by molar-refractivity contribution is 7.92. The molecule has 1 N–H and O–H groups in total. The standard InChI is InChI=1S/C21H26ClN3O4S/c1-15-7-5-10-19(11-15)25(30(4,28)29)14-20(26)24(16(2)21(27)23-3)13-17-8-6-9-18(22)12-17/h5-12,16H,13-14H2,1-4H3,(H,23,27)/t16-/m1/s1. The predicted octanol–water partition coefficient (Wildman–Crippen LogP) is 2.58. The molecule has 7 nitrogen and oxygen atoms in total. The van der Waals surface area contributed by atoms with Crippen molar-refractivity contribution < 1.29 is 18.0 Å². The minimum absolute atomic E-state index is 0.111. The van der Waals surface area contributed by atoms with Gasteiger partial charge in [0.15, 0.2) is 0 Å². The first-order valence-corrected chi connectivity index (χ1v) is 11.6. The van der Waals surface area contributed by atoms with Gasteiger partial charge in [-0.2, -0.15) is 0 Å². The summed E-state index contributed by atoms with van der Waals surface area (Å²) in [7, 11) is -2.25. The molecule has 30 heavy (non-hydrogen) atoms. The summed E-state index contributed by atoms with van der Waals surface area (Å²) >= 11 is 6.05. The topological polar surface area (TPSA) is 86.8 Å². The van der Waals surface area contributed by atoms with Gasteiger partial charge in [-0.3, -0.25) is 13.9 Å². The van der Waals surface area contributed by atoms with Crippen LogP contribution in [0.3, 0.4) is 0 Å². The van der Waals surface area contributed by atoms with Gasteiger partial charge in [0.25, 0.3) is 0 Å². The van der Waals surface area contributed by atoms with Crippen LogP contribution >= 0.6 is 11.6 Å². The highest BCUT2D eigenvalue weighted by atomic mass is 35.5. The monoisotopic (exact) mass is 451 g/mol. The molecule has 9 heteroatoms. The number of benzene rings is 2. The third-order valence-corrected chi connectivity index (χ3v) is 6.00. The van der Waals surface area contributed by atoms with E-state index in [0.717, 1.165) is 21.7 Å². The lowest BCUT2D eigenvalue weighted by Gasteiger charge is -2.31. The summed E-state index contributed by atoms with van der Waals surface area (Å²) in [6.45, 7) is 3.12. The van der Waals surface area contributed by atoms with Crippen LogP contribution in [0.15, 0.2) is 48.5 Å². The van der Waals surface area contributed by atoms with Crippen LogP contribution in [0.5, 0.6) is 0 Å². The van der Waals surface area contributed by atoms with E-state index in [1.165, 1.54) is 11.9 Å². The van der Waals surface area contributed by atoms with Crippen LogP contribution in [-0.2, 0) is 26.2 Å². The predicted molar refractivity (Wildman–Crippen MR) is 119 cm³/mol. The molecule has 0 aromatic heterocycles. The molecular weight excluding hydrogens is 426 g/mol. The molecule has 0 bridgehead atoms. The second-order valence-corrected chi connectivity index (χ2v) is 9.39. The molecule has 0 aliphatic carbocycles. The zero-order chi connectivity index (χ0) is 22.5. The third-order valence-electron chi connectivity index (χ3n) is 4.62. The maximum absolute atomic E-state index is 13.2. The Morgan fingerprint density at radius 3 is 2.37 bits per heavy atom. The minimum Gasteiger partial charge on any atom is -0.357 e. The molecule has 0 saturated heterocycles. The van der Waals surface area contributed by atoms with Gasteiger partial charge in [0.1, 0.15) is 12.6 Å². The first-order valence-electron chi connectivity index (χ1n) is 9.33. The molecule has 2 aromatic rings. The number of halogens is 1. The number of carbonyl (C=O) groups excluding carboxylic acids is 2. The minimum atomic E-state index is -3.73. The van der Waals surface area contributed by atoms with Gasteiger partial charge in [-0.1, -0.05) is 35.9 Å². The van der Waals surface area contributed by atoms with Crippen molar-refractivity contribution in [3.05, 3.63) is 64.7 Å². The largest absolute Gasteiger partial charge is 0.357 e. The Morgan fingerprint density at radius 1 is 1.13 bits per heavy atom. The van der Waals surface area contributed by atoms with E-state index in [1.807, 2.05) is 13.0 Å². The maximum Gasteiger partial charge on any atom is 0.244 e. The van der Waals surface area contributed by atoms with Crippen molar-refractivity contribution in [2.75, 3.05) is 24.2 Å². The van der Waals surface area contributed by atoms with Gasteiger partial charge in [0, 0.05) is 18.6 Å². The number of carbonyl (C=O) groups is 2. The molecule has 0 radical (unpaired) electrons. The van der Waals surface area contributed by atoms with Gasteiger partial charge in [-0.15, -0.1) is 0 Å². The number of sulfonamides is 1. The average molecular weight is 452 g/mol. The average Bonchev–Trinajstić information content (AvgIpc) is 2.68. The lowest BCUT2D eigenvalue weighted by Crippen LogP contribution is -2.50. The summed E-state index contributed by atoms with van der Waals surface area (Å²) in [5, 5.41) is 3.03. The van der Waals surface area contributed by atoms with Gasteiger partial charge < -0.3 is 10.2 Å². The highest BCUT2D eigenvalue weighted by Crippen LogP contribution is 2.20. The number of hydrogen-bond acceptors (Lipinski definition) is 4. The molecule has 0 unspecified atom stereocenters. The van der Waals surface area contributed by atoms with Crippen LogP contribution in [0.1, 0.15) is 18.1 Å². The molecule has 2 aromatic carbocycles.